The number of aryl methyl sites for hydroxylation is 1. The van der Waals surface area contributed by atoms with Crippen LogP contribution in [0, 0.1) is 6.92 Å². The van der Waals surface area contributed by atoms with Crippen molar-refractivity contribution in [1.82, 2.24) is 0 Å². The third kappa shape index (κ3) is 3.11. The molecule has 0 fully saturated rings. The van der Waals surface area contributed by atoms with E-state index in [9.17, 15) is 0 Å². The van der Waals surface area contributed by atoms with Crippen LogP contribution in [-0.4, -0.2) is 7.11 Å². The molecular weight excluding hydrogens is 254 g/mol. The first-order valence-electron chi connectivity index (χ1n) is 6.29. The summed E-state index contributed by atoms with van der Waals surface area (Å²) < 4.78 is 5.42. The molecule has 0 aliphatic carbocycles. The molecule has 0 radical (unpaired) electrons. The normalized spacial score (nSPS) is 12.2. The number of methoxy groups -OCH3 is 1. The first-order valence-corrected chi connectivity index (χ1v) is 7.11. The van der Waals surface area contributed by atoms with Gasteiger partial charge in [-0.25, -0.2) is 0 Å². The molecule has 0 heterocycles. The van der Waals surface area contributed by atoms with Crippen LogP contribution in [0.3, 0.4) is 0 Å². The van der Waals surface area contributed by atoms with Crippen molar-refractivity contribution in [3.63, 3.8) is 0 Å². The van der Waals surface area contributed by atoms with E-state index in [1.165, 1.54) is 10.5 Å². The summed E-state index contributed by atoms with van der Waals surface area (Å²) in [6, 6.07) is 14.4. The number of hydrogen-bond acceptors (Lipinski definition) is 3. The number of ether oxygens (including phenoxy) is 1. The Morgan fingerprint density at radius 3 is 2.37 bits per heavy atom. The van der Waals surface area contributed by atoms with Crippen LogP contribution < -0.4 is 10.5 Å². The first-order chi connectivity index (χ1) is 9.13. The second kappa shape index (κ2) is 6.13. The van der Waals surface area contributed by atoms with Crippen LogP contribution in [0.25, 0.3) is 0 Å². The van der Waals surface area contributed by atoms with Crippen molar-refractivity contribution in [3.8, 4) is 5.75 Å². The fraction of sp³-hybridized carbons (Fsp3) is 0.250. The highest BCUT2D eigenvalue weighted by molar-refractivity contribution is 7.99. The number of rotatable bonds is 4. The molecule has 100 valence electrons. The summed E-state index contributed by atoms with van der Waals surface area (Å²) >= 11 is 1.74. The fourth-order valence-corrected chi connectivity index (χ4v) is 3.18. The maximum atomic E-state index is 6.09. The summed E-state index contributed by atoms with van der Waals surface area (Å²) in [5, 5.41) is 0. The van der Waals surface area contributed by atoms with Crippen molar-refractivity contribution in [2.24, 2.45) is 5.73 Å². The van der Waals surface area contributed by atoms with E-state index in [4.69, 9.17) is 10.5 Å². The highest BCUT2D eigenvalue weighted by atomic mass is 32.2. The topological polar surface area (TPSA) is 35.2 Å². The maximum Gasteiger partial charge on any atom is 0.124 e. The average Bonchev–Trinajstić information content (AvgIpc) is 2.40. The Morgan fingerprint density at radius 2 is 1.74 bits per heavy atom. The van der Waals surface area contributed by atoms with E-state index in [1.54, 1.807) is 18.9 Å². The molecular formula is C16H19NOS. The maximum absolute atomic E-state index is 6.09. The predicted octanol–water partition coefficient (Wildman–Crippen LogP) is 4.17. The summed E-state index contributed by atoms with van der Waals surface area (Å²) in [5.74, 6) is 0.855. The van der Waals surface area contributed by atoms with Crippen LogP contribution in [0.1, 0.15) is 24.1 Å². The number of nitrogens with two attached hydrogens (primary N) is 1. The summed E-state index contributed by atoms with van der Waals surface area (Å²) in [7, 11) is 1.68. The number of benzene rings is 2. The van der Waals surface area contributed by atoms with Gasteiger partial charge in [0.15, 0.2) is 0 Å². The molecule has 0 aliphatic heterocycles. The monoisotopic (exact) mass is 273 g/mol. The molecule has 3 heteroatoms. The van der Waals surface area contributed by atoms with Crippen molar-refractivity contribution in [2.45, 2.75) is 29.7 Å². The Morgan fingerprint density at radius 1 is 1.05 bits per heavy atom. The van der Waals surface area contributed by atoms with Crippen molar-refractivity contribution >= 4 is 11.8 Å². The molecule has 2 nitrogen and oxygen atoms in total. The quantitative estimate of drug-likeness (QED) is 0.908. The van der Waals surface area contributed by atoms with Gasteiger partial charge in [0, 0.05) is 21.4 Å². The molecule has 2 rings (SSSR count). The Bertz CT molecular complexity index is 566. The smallest absolute Gasteiger partial charge is 0.124 e. The Labute approximate surface area is 119 Å². The van der Waals surface area contributed by atoms with Crippen molar-refractivity contribution < 1.29 is 4.74 Å². The van der Waals surface area contributed by atoms with Crippen LogP contribution >= 0.6 is 11.8 Å². The fourth-order valence-electron chi connectivity index (χ4n) is 2.03. The van der Waals surface area contributed by atoms with Gasteiger partial charge in [-0.05, 0) is 37.6 Å². The van der Waals surface area contributed by atoms with Crippen molar-refractivity contribution in [3.05, 3.63) is 53.6 Å². The van der Waals surface area contributed by atoms with E-state index in [-0.39, 0.29) is 6.04 Å². The van der Waals surface area contributed by atoms with Crippen LogP contribution in [0.15, 0.2) is 52.3 Å². The number of hydrogen-bond donors (Lipinski definition) is 1. The highest BCUT2D eigenvalue weighted by Crippen LogP contribution is 2.38. The van der Waals surface area contributed by atoms with Gasteiger partial charge in [0.25, 0.3) is 0 Å². The Hall–Kier alpha value is -1.45. The lowest BCUT2D eigenvalue weighted by Crippen LogP contribution is -2.08. The molecule has 19 heavy (non-hydrogen) atoms. The summed E-state index contributed by atoms with van der Waals surface area (Å²) in [6.45, 7) is 4.10. The van der Waals surface area contributed by atoms with Gasteiger partial charge < -0.3 is 10.5 Å². The van der Waals surface area contributed by atoms with Gasteiger partial charge in [-0.2, -0.15) is 0 Å². The van der Waals surface area contributed by atoms with Gasteiger partial charge in [0.1, 0.15) is 5.75 Å². The summed E-state index contributed by atoms with van der Waals surface area (Å²) in [5.41, 5.74) is 8.43. The molecule has 2 aromatic carbocycles. The van der Waals surface area contributed by atoms with Crippen LogP contribution in [0.4, 0.5) is 0 Å². The molecule has 2 N–H and O–H groups in total. The SMILES string of the molecule is COc1cccc(Sc2ccccc2C)c1C(C)N. The van der Waals surface area contributed by atoms with Gasteiger partial charge in [0.05, 0.1) is 7.11 Å². The van der Waals surface area contributed by atoms with Gasteiger partial charge >= 0.3 is 0 Å². The lowest BCUT2D eigenvalue weighted by molar-refractivity contribution is 0.405. The molecule has 0 spiro atoms. The van der Waals surface area contributed by atoms with E-state index in [0.29, 0.717) is 0 Å². The van der Waals surface area contributed by atoms with Crippen LogP contribution in [0.5, 0.6) is 5.75 Å². The molecule has 0 saturated heterocycles. The first kappa shape index (κ1) is 14.0. The lowest BCUT2D eigenvalue weighted by atomic mass is 10.1. The zero-order valence-electron chi connectivity index (χ0n) is 11.5. The molecule has 1 atom stereocenters. The molecule has 0 aliphatic rings. The molecule has 1 unspecified atom stereocenters. The van der Waals surface area contributed by atoms with E-state index in [2.05, 4.69) is 37.3 Å². The van der Waals surface area contributed by atoms with E-state index < -0.39 is 0 Å². The predicted molar refractivity (Wildman–Crippen MR) is 80.9 cm³/mol. The Kier molecular flexibility index (Phi) is 4.51. The second-order valence-corrected chi connectivity index (χ2v) is 5.61. The van der Waals surface area contributed by atoms with Crippen LogP contribution in [-0.2, 0) is 0 Å². The van der Waals surface area contributed by atoms with Crippen molar-refractivity contribution in [2.75, 3.05) is 7.11 Å². The largest absolute Gasteiger partial charge is 0.496 e. The van der Waals surface area contributed by atoms with Gasteiger partial charge in [-0.1, -0.05) is 36.0 Å². The average molecular weight is 273 g/mol. The van der Waals surface area contributed by atoms with E-state index in [0.717, 1.165) is 16.2 Å². The van der Waals surface area contributed by atoms with E-state index in [1.807, 2.05) is 19.1 Å². The highest BCUT2D eigenvalue weighted by Gasteiger charge is 2.14. The summed E-state index contributed by atoms with van der Waals surface area (Å²) in [6.07, 6.45) is 0. The third-order valence-corrected chi connectivity index (χ3v) is 4.27. The van der Waals surface area contributed by atoms with Gasteiger partial charge in [-0.15, -0.1) is 0 Å². The minimum absolute atomic E-state index is 0.0531. The molecule has 0 saturated carbocycles. The van der Waals surface area contributed by atoms with Gasteiger partial charge in [-0.3, -0.25) is 0 Å². The lowest BCUT2D eigenvalue weighted by Gasteiger charge is -2.17. The molecule has 2 aromatic rings. The van der Waals surface area contributed by atoms with Crippen LogP contribution in [0.2, 0.25) is 0 Å². The molecule has 0 bridgehead atoms. The van der Waals surface area contributed by atoms with Crippen molar-refractivity contribution in [1.29, 1.82) is 0 Å². The zero-order chi connectivity index (χ0) is 13.8. The molecule has 0 aromatic heterocycles. The molecule has 0 amide bonds. The zero-order valence-corrected chi connectivity index (χ0v) is 12.3. The minimum atomic E-state index is -0.0531. The van der Waals surface area contributed by atoms with Gasteiger partial charge in [0.2, 0.25) is 0 Å². The summed E-state index contributed by atoms with van der Waals surface area (Å²) in [4.78, 5) is 2.40. The third-order valence-electron chi connectivity index (χ3n) is 3.01. The van der Waals surface area contributed by atoms with E-state index >= 15 is 0 Å². The standard InChI is InChI=1S/C16H19NOS/c1-11-7-4-5-9-14(11)19-15-10-6-8-13(18-3)16(15)12(2)17/h4-10,12H,17H2,1-3H3. The minimum Gasteiger partial charge on any atom is -0.496 e. The Balaban J connectivity index is 2.43. The second-order valence-electron chi connectivity index (χ2n) is 4.53.